The molecule has 5 aliphatic rings. The minimum absolute atomic E-state index is 0.0463. The highest BCUT2D eigenvalue weighted by atomic mass is 16.5. The Balaban J connectivity index is 0.000000150. The van der Waals surface area contributed by atoms with Gasteiger partial charge in [-0.2, -0.15) is 0 Å². The van der Waals surface area contributed by atoms with Crippen LogP contribution < -0.4 is 0 Å². The van der Waals surface area contributed by atoms with Gasteiger partial charge < -0.3 is 4.74 Å². The van der Waals surface area contributed by atoms with Gasteiger partial charge in [0.25, 0.3) is 0 Å². The number of esters is 1. The second-order valence-electron chi connectivity index (χ2n) is 7.49. The van der Waals surface area contributed by atoms with Crippen LogP contribution in [0.4, 0.5) is 0 Å². The third-order valence-corrected chi connectivity index (χ3v) is 6.72. The summed E-state index contributed by atoms with van der Waals surface area (Å²) in [5.41, 5.74) is 0. The van der Waals surface area contributed by atoms with Crippen molar-refractivity contribution in [1.82, 2.24) is 0 Å². The second kappa shape index (κ2) is 4.89. The van der Waals surface area contributed by atoms with Crippen LogP contribution in [0, 0.1) is 41.4 Å². The fraction of sp³-hybridized carbons (Fsp3) is 0.833. The summed E-state index contributed by atoms with van der Waals surface area (Å²) in [5.74, 6) is 7.62. The maximum absolute atomic E-state index is 10.0. The molecule has 2 nitrogen and oxygen atoms in total. The molecule has 5 rings (SSSR count). The van der Waals surface area contributed by atoms with E-state index in [1.54, 1.807) is 12.8 Å². The summed E-state index contributed by atoms with van der Waals surface area (Å²) in [7, 11) is 0. The smallest absolute Gasteiger partial charge is 0.305 e. The van der Waals surface area contributed by atoms with Gasteiger partial charge in [-0.05, 0) is 67.1 Å². The number of rotatable bonds is 1. The number of hydrogen-bond donors (Lipinski definition) is 0. The molecule has 0 aromatic heterocycles. The van der Waals surface area contributed by atoms with Crippen molar-refractivity contribution in [2.75, 3.05) is 6.61 Å². The number of ether oxygens (including phenoxy) is 1. The molecule has 0 aromatic rings. The maximum atomic E-state index is 10.0. The summed E-state index contributed by atoms with van der Waals surface area (Å²) < 4.78 is 4.51. The van der Waals surface area contributed by atoms with Gasteiger partial charge in [-0.15, -0.1) is 0 Å². The summed E-state index contributed by atoms with van der Waals surface area (Å²) in [6, 6.07) is 0. The van der Waals surface area contributed by atoms with Gasteiger partial charge in [0, 0.05) is 6.42 Å². The van der Waals surface area contributed by atoms with E-state index in [1.807, 2.05) is 0 Å². The van der Waals surface area contributed by atoms with Crippen molar-refractivity contribution in [1.29, 1.82) is 0 Å². The number of carbonyl (C=O) groups is 1. The minimum atomic E-state index is -0.0463. The zero-order valence-corrected chi connectivity index (χ0v) is 12.5. The van der Waals surface area contributed by atoms with E-state index in [2.05, 4.69) is 23.8 Å². The maximum Gasteiger partial charge on any atom is 0.305 e. The van der Waals surface area contributed by atoms with E-state index in [-0.39, 0.29) is 5.97 Å². The van der Waals surface area contributed by atoms with Crippen LogP contribution in [0.5, 0.6) is 0 Å². The molecule has 20 heavy (non-hydrogen) atoms. The van der Waals surface area contributed by atoms with Crippen LogP contribution in [0.3, 0.4) is 0 Å². The van der Waals surface area contributed by atoms with E-state index in [1.165, 1.54) is 12.8 Å². The standard InChI is InChI=1S/C14H20.C4H6O2/c1-2-8-5-11-7-12(8)14-10-4-3-9(6-10)13(11)14;5-4-2-1-3-6-4/h3-4,8-14H,2,5-7H2,1H3;1-3H2. The Bertz CT molecular complexity index is 419. The largest absolute Gasteiger partial charge is 0.466 e. The van der Waals surface area contributed by atoms with E-state index in [4.69, 9.17) is 0 Å². The monoisotopic (exact) mass is 274 g/mol. The SMILES string of the molecule is CCC1CC2CC1C1C3C=CC(C3)C21.O=C1CCCO1. The lowest BCUT2D eigenvalue weighted by atomic mass is 9.69. The van der Waals surface area contributed by atoms with Gasteiger partial charge >= 0.3 is 5.97 Å². The first-order valence-electron chi connectivity index (χ1n) is 8.62. The van der Waals surface area contributed by atoms with Crippen LogP contribution in [0.15, 0.2) is 12.2 Å². The van der Waals surface area contributed by atoms with Crippen molar-refractivity contribution in [3.05, 3.63) is 12.2 Å². The number of carbonyl (C=O) groups excluding carboxylic acids is 1. The van der Waals surface area contributed by atoms with Gasteiger partial charge in [-0.25, -0.2) is 0 Å². The van der Waals surface area contributed by atoms with Crippen LogP contribution in [-0.4, -0.2) is 12.6 Å². The first kappa shape index (κ1) is 12.9. The number of allylic oxidation sites excluding steroid dienone is 2. The zero-order valence-electron chi connectivity index (χ0n) is 12.5. The van der Waals surface area contributed by atoms with Crippen molar-refractivity contribution in [2.45, 2.75) is 45.4 Å². The van der Waals surface area contributed by atoms with Gasteiger partial charge in [-0.3, -0.25) is 4.79 Å². The molecule has 7 atom stereocenters. The molecule has 3 saturated carbocycles. The topological polar surface area (TPSA) is 26.3 Å². The minimum Gasteiger partial charge on any atom is -0.466 e. The molecule has 0 aromatic carbocycles. The quantitative estimate of drug-likeness (QED) is 0.413. The van der Waals surface area contributed by atoms with Crippen LogP contribution in [0.1, 0.15) is 45.4 Å². The first-order chi connectivity index (χ1) is 9.78. The molecular formula is C18H26O2. The summed E-state index contributed by atoms with van der Waals surface area (Å²) in [6.45, 7) is 3.04. The lowest BCUT2D eigenvalue weighted by Gasteiger charge is -2.36. The summed E-state index contributed by atoms with van der Waals surface area (Å²) in [5, 5.41) is 0. The highest BCUT2D eigenvalue weighted by Crippen LogP contribution is 2.67. The highest BCUT2D eigenvalue weighted by molar-refractivity contribution is 5.70. The van der Waals surface area contributed by atoms with E-state index >= 15 is 0 Å². The molecule has 4 bridgehead atoms. The molecule has 110 valence electrons. The average molecular weight is 274 g/mol. The third-order valence-electron chi connectivity index (χ3n) is 6.72. The second-order valence-corrected chi connectivity index (χ2v) is 7.49. The molecule has 1 heterocycles. The van der Waals surface area contributed by atoms with Gasteiger partial charge in [0.05, 0.1) is 6.61 Å². The Kier molecular flexibility index (Phi) is 3.16. The van der Waals surface area contributed by atoms with Crippen LogP contribution in [0.25, 0.3) is 0 Å². The molecule has 2 heteroatoms. The molecule has 4 fully saturated rings. The Morgan fingerprint density at radius 1 is 1.15 bits per heavy atom. The predicted molar refractivity (Wildman–Crippen MR) is 77.9 cm³/mol. The predicted octanol–water partition coefficient (Wildman–Crippen LogP) is 3.81. The normalized spacial score (nSPS) is 50.0. The third kappa shape index (κ3) is 1.87. The van der Waals surface area contributed by atoms with Crippen molar-refractivity contribution >= 4 is 5.97 Å². The van der Waals surface area contributed by atoms with E-state index in [0.717, 1.165) is 47.8 Å². The molecule has 1 saturated heterocycles. The molecule has 7 unspecified atom stereocenters. The van der Waals surface area contributed by atoms with Crippen molar-refractivity contribution in [3.63, 3.8) is 0 Å². The van der Waals surface area contributed by atoms with E-state index < -0.39 is 0 Å². The van der Waals surface area contributed by atoms with Gasteiger partial charge in [-0.1, -0.05) is 25.5 Å². The van der Waals surface area contributed by atoms with E-state index in [0.29, 0.717) is 13.0 Å². The molecular weight excluding hydrogens is 248 g/mol. The molecule has 0 spiro atoms. The Hall–Kier alpha value is -0.790. The number of cyclic esters (lactones) is 1. The molecule has 1 aliphatic heterocycles. The fourth-order valence-corrected chi connectivity index (χ4v) is 6.10. The molecule has 0 amide bonds. The van der Waals surface area contributed by atoms with Crippen LogP contribution in [0.2, 0.25) is 0 Å². The van der Waals surface area contributed by atoms with Crippen LogP contribution in [-0.2, 0) is 9.53 Å². The Morgan fingerprint density at radius 3 is 2.55 bits per heavy atom. The molecule has 4 aliphatic carbocycles. The summed E-state index contributed by atoms with van der Waals surface area (Å²) >= 11 is 0. The van der Waals surface area contributed by atoms with Gasteiger partial charge in [0.1, 0.15) is 0 Å². The van der Waals surface area contributed by atoms with E-state index in [9.17, 15) is 4.79 Å². The van der Waals surface area contributed by atoms with Crippen molar-refractivity contribution in [2.24, 2.45) is 41.4 Å². The van der Waals surface area contributed by atoms with Crippen LogP contribution >= 0.6 is 0 Å². The first-order valence-corrected chi connectivity index (χ1v) is 8.62. The molecule has 0 radical (unpaired) electrons. The lowest BCUT2D eigenvalue weighted by molar-refractivity contribution is -0.137. The zero-order chi connectivity index (χ0) is 13.7. The fourth-order valence-electron chi connectivity index (χ4n) is 6.10. The average Bonchev–Trinajstić information content (AvgIpc) is 3.23. The highest BCUT2D eigenvalue weighted by Gasteiger charge is 2.60. The Morgan fingerprint density at radius 2 is 1.95 bits per heavy atom. The number of hydrogen-bond acceptors (Lipinski definition) is 2. The Labute approximate surface area is 122 Å². The van der Waals surface area contributed by atoms with Gasteiger partial charge in [0.15, 0.2) is 0 Å². The summed E-state index contributed by atoms with van der Waals surface area (Å²) in [4.78, 5) is 10.0. The van der Waals surface area contributed by atoms with Crippen molar-refractivity contribution in [3.8, 4) is 0 Å². The molecule has 0 N–H and O–H groups in total. The van der Waals surface area contributed by atoms with Gasteiger partial charge in [0.2, 0.25) is 0 Å². The lowest BCUT2D eigenvalue weighted by Crippen LogP contribution is -2.30. The summed E-state index contributed by atoms with van der Waals surface area (Å²) in [6.07, 6.45) is 12.8. The van der Waals surface area contributed by atoms with Crippen molar-refractivity contribution < 1.29 is 9.53 Å². The number of fused-ring (bicyclic) bond motifs is 9.